The fourth-order valence-electron chi connectivity index (χ4n) is 3.67. The van der Waals surface area contributed by atoms with Crippen LogP contribution < -0.4 is 4.72 Å². The highest BCUT2D eigenvalue weighted by atomic mass is 79.9. The average molecular weight is 465 g/mol. The first-order chi connectivity index (χ1) is 13.4. The molecule has 1 aliphatic carbocycles. The van der Waals surface area contributed by atoms with Crippen molar-refractivity contribution in [2.45, 2.75) is 50.0 Å². The van der Waals surface area contributed by atoms with Gasteiger partial charge in [-0.15, -0.1) is 0 Å². The van der Waals surface area contributed by atoms with E-state index in [1.807, 2.05) is 11.8 Å². The number of nitrogens with zero attached hydrogens (tertiary/aromatic N) is 1. The number of rotatable bonds is 6. The van der Waals surface area contributed by atoms with E-state index in [0.29, 0.717) is 17.8 Å². The summed E-state index contributed by atoms with van der Waals surface area (Å²) in [5.41, 5.74) is 0.886. The van der Waals surface area contributed by atoms with Crippen molar-refractivity contribution in [3.05, 3.63) is 58.6 Å². The molecule has 5 nitrogen and oxygen atoms in total. The molecule has 3 rings (SSSR count). The van der Waals surface area contributed by atoms with Gasteiger partial charge < -0.3 is 4.90 Å². The maximum Gasteiger partial charge on any atom is 0.261 e. The first-order valence-corrected chi connectivity index (χ1v) is 11.9. The highest BCUT2D eigenvalue weighted by molar-refractivity contribution is 9.10. The first kappa shape index (κ1) is 20.9. The monoisotopic (exact) mass is 464 g/mol. The van der Waals surface area contributed by atoms with Crippen molar-refractivity contribution < 1.29 is 13.2 Å². The summed E-state index contributed by atoms with van der Waals surface area (Å²) in [5, 5.41) is 0. The van der Waals surface area contributed by atoms with Crippen molar-refractivity contribution >= 4 is 37.5 Å². The maximum absolute atomic E-state index is 13.0. The van der Waals surface area contributed by atoms with Gasteiger partial charge in [0.2, 0.25) is 0 Å². The molecule has 2 aromatic rings. The minimum absolute atomic E-state index is 0.0425. The van der Waals surface area contributed by atoms with E-state index in [1.165, 1.54) is 18.6 Å². The summed E-state index contributed by atoms with van der Waals surface area (Å²) in [7, 11) is -3.71. The topological polar surface area (TPSA) is 66.5 Å². The van der Waals surface area contributed by atoms with Gasteiger partial charge in [0, 0.05) is 28.3 Å². The largest absolute Gasteiger partial charge is 0.336 e. The Morgan fingerprint density at radius 2 is 1.79 bits per heavy atom. The molecule has 0 saturated heterocycles. The Kier molecular flexibility index (Phi) is 6.78. The molecule has 0 unspecified atom stereocenters. The molecule has 0 radical (unpaired) electrons. The van der Waals surface area contributed by atoms with Crippen molar-refractivity contribution in [3.8, 4) is 0 Å². The van der Waals surface area contributed by atoms with Crippen LogP contribution in [0.3, 0.4) is 0 Å². The Bertz CT molecular complexity index is 923. The zero-order chi connectivity index (χ0) is 20.1. The summed E-state index contributed by atoms with van der Waals surface area (Å²) < 4.78 is 28.6. The average Bonchev–Trinajstić information content (AvgIpc) is 2.69. The standard InChI is InChI=1S/C21H25BrN2O3S/c1-2-24(19-9-4-3-5-10-19)21(25)16-7-6-8-18(15-16)23-28(26,27)20-13-11-17(22)12-14-20/h6-8,11-15,19,23H,2-5,9-10H2,1H3. The maximum atomic E-state index is 13.0. The number of amides is 1. The van der Waals surface area contributed by atoms with Crippen LogP contribution in [0.4, 0.5) is 5.69 Å². The number of nitrogens with one attached hydrogen (secondary N) is 1. The van der Waals surface area contributed by atoms with Crippen LogP contribution in [0.15, 0.2) is 57.9 Å². The highest BCUT2D eigenvalue weighted by Gasteiger charge is 2.25. The van der Waals surface area contributed by atoms with Gasteiger partial charge >= 0.3 is 0 Å². The number of hydrogen-bond acceptors (Lipinski definition) is 3. The predicted molar refractivity (Wildman–Crippen MR) is 115 cm³/mol. The summed E-state index contributed by atoms with van der Waals surface area (Å²) in [6.45, 7) is 2.64. The van der Waals surface area contributed by atoms with Gasteiger partial charge in [-0.2, -0.15) is 0 Å². The van der Waals surface area contributed by atoms with Gasteiger partial charge in [-0.05, 0) is 62.2 Å². The number of sulfonamides is 1. The molecule has 7 heteroatoms. The van der Waals surface area contributed by atoms with Gasteiger partial charge in [0.15, 0.2) is 0 Å². The molecule has 28 heavy (non-hydrogen) atoms. The van der Waals surface area contributed by atoms with Gasteiger partial charge in [-0.25, -0.2) is 8.42 Å². The number of carbonyl (C=O) groups excluding carboxylic acids is 1. The Morgan fingerprint density at radius 1 is 1.11 bits per heavy atom. The molecule has 1 aliphatic rings. The number of hydrogen-bond donors (Lipinski definition) is 1. The highest BCUT2D eigenvalue weighted by Crippen LogP contribution is 2.25. The van der Waals surface area contributed by atoms with Crippen LogP contribution >= 0.6 is 15.9 Å². The molecule has 0 heterocycles. The molecule has 150 valence electrons. The third-order valence-corrected chi connectivity index (χ3v) is 7.03. The van der Waals surface area contributed by atoms with Crippen molar-refractivity contribution in [1.29, 1.82) is 0 Å². The second-order valence-corrected chi connectivity index (χ2v) is 9.62. The fourth-order valence-corrected chi connectivity index (χ4v) is 4.98. The van der Waals surface area contributed by atoms with Crippen LogP contribution in [0.5, 0.6) is 0 Å². The SMILES string of the molecule is CCN(C(=O)c1cccc(NS(=O)(=O)c2ccc(Br)cc2)c1)C1CCCCC1. The molecular formula is C21H25BrN2O3S. The van der Waals surface area contributed by atoms with Crippen molar-refractivity contribution in [3.63, 3.8) is 0 Å². The summed E-state index contributed by atoms with van der Waals surface area (Å²) in [4.78, 5) is 15.1. The van der Waals surface area contributed by atoms with E-state index in [2.05, 4.69) is 20.7 Å². The molecule has 1 N–H and O–H groups in total. The molecule has 0 bridgehead atoms. The van der Waals surface area contributed by atoms with E-state index in [1.54, 1.807) is 36.4 Å². The third-order valence-electron chi connectivity index (χ3n) is 5.10. The zero-order valence-corrected chi connectivity index (χ0v) is 18.3. The van der Waals surface area contributed by atoms with Crippen LogP contribution in [0.1, 0.15) is 49.4 Å². The molecule has 1 amide bonds. The molecule has 1 saturated carbocycles. The van der Waals surface area contributed by atoms with Crippen LogP contribution in [-0.2, 0) is 10.0 Å². The molecule has 1 fully saturated rings. The minimum atomic E-state index is -3.71. The first-order valence-electron chi connectivity index (χ1n) is 9.60. The summed E-state index contributed by atoms with van der Waals surface area (Å²) >= 11 is 3.30. The smallest absolute Gasteiger partial charge is 0.261 e. The van der Waals surface area contributed by atoms with Crippen LogP contribution in [0.2, 0.25) is 0 Å². The Labute approximate surface area is 175 Å². The van der Waals surface area contributed by atoms with E-state index in [0.717, 1.165) is 30.2 Å². The molecule has 0 atom stereocenters. The Hall–Kier alpha value is -1.86. The molecular weight excluding hydrogens is 440 g/mol. The summed E-state index contributed by atoms with van der Waals surface area (Å²) in [6.07, 6.45) is 5.61. The van der Waals surface area contributed by atoms with Crippen molar-refractivity contribution in [1.82, 2.24) is 4.90 Å². The summed E-state index contributed by atoms with van der Waals surface area (Å²) in [5.74, 6) is -0.0425. The van der Waals surface area contributed by atoms with Gasteiger partial charge in [-0.3, -0.25) is 9.52 Å². The molecule has 0 aliphatic heterocycles. The summed E-state index contributed by atoms with van der Waals surface area (Å²) in [6, 6.07) is 13.4. The van der Waals surface area contributed by atoms with E-state index in [-0.39, 0.29) is 16.8 Å². The van der Waals surface area contributed by atoms with E-state index in [9.17, 15) is 13.2 Å². The predicted octanol–water partition coefficient (Wildman–Crippen LogP) is 5.04. The fraction of sp³-hybridized carbons (Fsp3) is 0.381. The lowest BCUT2D eigenvalue weighted by Crippen LogP contribution is -2.41. The number of carbonyl (C=O) groups is 1. The Morgan fingerprint density at radius 3 is 2.43 bits per heavy atom. The normalized spacial score (nSPS) is 15.2. The number of halogens is 1. The van der Waals surface area contributed by atoms with E-state index >= 15 is 0 Å². The lowest BCUT2D eigenvalue weighted by atomic mass is 9.93. The van der Waals surface area contributed by atoms with Gasteiger partial charge in [0.25, 0.3) is 15.9 Å². The second kappa shape index (κ2) is 9.09. The Balaban J connectivity index is 1.79. The van der Waals surface area contributed by atoms with Gasteiger partial charge in [-0.1, -0.05) is 41.3 Å². The van der Waals surface area contributed by atoms with Crippen LogP contribution in [0, 0.1) is 0 Å². The molecule has 2 aromatic carbocycles. The van der Waals surface area contributed by atoms with Gasteiger partial charge in [0.05, 0.1) is 4.90 Å². The second-order valence-electron chi connectivity index (χ2n) is 7.02. The van der Waals surface area contributed by atoms with Crippen molar-refractivity contribution in [2.75, 3.05) is 11.3 Å². The van der Waals surface area contributed by atoms with E-state index in [4.69, 9.17) is 0 Å². The molecule has 0 spiro atoms. The lowest BCUT2D eigenvalue weighted by molar-refractivity contribution is 0.0648. The quantitative estimate of drug-likeness (QED) is 0.650. The zero-order valence-electron chi connectivity index (χ0n) is 15.9. The van der Waals surface area contributed by atoms with Gasteiger partial charge in [0.1, 0.15) is 0 Å². The molecule has 0 aromatic heterocycles. The van der Waals surface area contributed by atoms with Crippen LogP contribution in [0.25, 0.3) is 0 Å². The number of anilines is 1. The minimum Gasteiger partial charge on any atom is -0.336 e. The van der Waals surface area contributed by atoms with E-state index < -0.39 is 10.0 Å². The van der Waals surface area contributed by atoms with Crippen LogP contribution in [-0.4, -0.2) is 31.8 Å². The third kappa shape index (κ3) is 4.94. The van der Waals surface area contributed by atoms with Crippen molar-refractivity contribution in [2.24, 2.45) is 0 Å². The number of benzene rings is 2. The lowest BCUT2D eigenvalue weighted by Gasteiger charge is -2.33.